The molecule has 0 bridgehead atoms. The molecule has 2 heterocycles. The molecule has 0 saturated heterocycles. The fourth-order valence-electron chi connectivity index (χ4n) is 1.84. The SMILES string of the molecule is Cc1nc(Cn2cnc(-c3ccccc3)n2)oc1C. The number of nitrogens with zero attached hydrogens (tertiary/aromatic N) is 4. The number of aryl methyl sites for hydroxylation is 2. The van der Waals surface area contributed by atoms with Crippen molar-refractivity contribution in [3.63, 3.8) is 0 Å². The van der Waals surface area contributed by atoms with Crippen LogP contribution in [0.5, 0.6) is 0 Å². The molecule has 0 spiro atoms. The van der Waals surface area contributed by atoms with Crippen molar-refractivity contribution >= 4 is 0 Å². The van der Waals surface area contributed by atoms with Crippen LogP contribution in [0.1, 0.15) is 17.3 Å². The number of benzene rings is 1. The summed E-state index contributed by atoms with van der Waals surface area (Å²) in [4.78, 5) is 8.63. The molecule has 2 aromatic heterocycles. The van der Waals surface area contributed by atoms with E-state index in [-0.39, 0.29) is 0 Å². The van der Waals surface area contributed by atoms with Gasteiger partial charge >= 0.3 is 0 Å². The molecule has 0 aliphatic carbocycles. The van der Waals surface area contributed by atoms with Gasteiger partial charge in [0.2, 0.25) is 5.89 Å². The van der Waals surface area contributed by atoms with Crippen LogP contribution in [-0.2, 0) is 6.54 Å². The van der Waals surface area contributed by atoms with Crippen LogP contribution in [0.3, 0.4) is 0 Å². The molecule has 19 heavy (non-hydrogen) atoms. The zero-order chi connectivity index (χ0) is 13.2. The maximum absolute atomic E-state index is 5.53. The summed E-state index contributed by atoms with van der Waals surface area (Å²) in [6, 6.07) is 9.88. The highest BCUT2D eigenvalue weighted by molar-refractivity contribution is 5.53. The maximum atomic E-state index is 5.53. The zero-order valence-electron chi connectivity index (χ0n) is 10.9. The van der Waals surface area contributed by atoms with Gasteiger partial charge in [-0.15, -0.1) is 0 Å². The van der Waals surface area contributed by atoms with E-state index in [0.717, 1.165) is 17.0 Å². The third-order valence-electron chi connectivity index (χ3n) is 2.94. The van der Waals surface area contributed by atoms with Crippen LogP contribution in [0.25, 0.3) is 11.4 Å². The summed E-state index contributed by atoms with van der Waals surface area (Å²) in [6.45, 7) is 4.33. The number of aromatic nitrogens is 4. The van der Waals surface area contributed by atoms with Crippen molar-refractivity contribution in [3.8, 4) is 11.4 Å². The minimum absolute atomic E-state index is 0.495. The summed E-state index contributed by atoms with van der Waals surface area (Å²) < 4.78 is 7.26. The Morgan fingerprint density at radius 2 is 1.95 bits per heavy atom. The molecule has 0 unspecified atom stereocenters. The van der Waals surface area contributed by atoms with Gasteiger partial charge in [0.15, 0.2) is 5.82 Å². The lowest BCUT2D eigenvalue weighted by atomic mass is 10.2. The standard InChI is InChI=1S/C14H14N4O/c1-10-11(2)19-13(16-10)8-18-9-15-14(17-18)12-6-4-3-5-7-12/h3-7,9H,8H2,1-2H3. The van der Waals surface area contributed by atoms with E-state index in [0.29, 0.717) is 18.3 Å². The Kier molecular flexibility index (Phi) is 2.87. The third-order valence-corrected chi connectivity index (χ3v) is 2.94. The summed E-state index contributed by atoms with van der Waals surface area (Å²) in [7, 11) is 0. The molecule has 5 nitrogen and oxygen atoms in total. The highest BCUT2D eigenvalue weighted by atomic mass is 16.4. The normalized spacial score (nSPS) is 10.8. The summed E-state index contributed by atoms with van der Waals surface area (Å²) in [6.07, 6.45) is 1.69. The monoisotopic (exact) mass is 254 g/mol. The molecule has 0 amide bonds. The second kappa shape index (κ2) is 4.68. The minimum Gasteiger partial charge on any atom is -0.444 e. The van der Waals surface area contributed by atoms with E-state index in [1.165, 1.54) is 0 Å². The quantitative estimate of drug-likeness (QED) is 0.721. The molecule has 5 heteroatoms. The first kappa shape index (κ1) is 11.6. The van der Waals surface area contributed by atoms with Gasteiger partial charge in [-0.1, -0.05) is 30.3 Å². The van der Waals surface area contributed by atoms with E-state index in [1.807, 2.05) is 44.2 Å². The van der Waals surface area contributed by atoms with Crippen molar-refractivity contribution in [2.45, 2.75) is 20.4 Å². The van der Waals surface area contributed by atoms with E-state index in [4.69, 9.17) is 4.42 Å². The smallest absolute Gasteiger partial charge is 0.216 e. The van der Waals surface area contributed by atoms with Crippen LogP contribution in [0.2, 0.25) is 0 Å². The molecule has 96 valence electrons. The number of rotatable bonds is 3. The van der Waals surface area contributed by atoms with Gasteiger partial charge in [0.1, 0.15) is 18.6 Å². The van der Waals surface area contributed by atoms with E-state index in [1.54, 1.807) is 11.0 Å². The van der Waals surface area contributed by atoms with Crippen LogP contribution in [0.4, 0.5) is 0 Å². The van der Waals surface area contributed by atoms with E-state index < -0.39 is 0 Å². The van der Waals surface area contributed by atoms with Crippen molar-refractivity contribution in [2.75, 3.05) is 0 Å². The Bertz CT molecular complexity index is 665. The van der Waals surface area contributed by atoms with Crippen molar-refractivity contribution in [2.24, 2.45) is 0 Å². The lowest BCUT2D eigenvalue weighted by Gasteiger charge is -1.95. The van der Waals surface area contributed by atoms with E-state index >= 15 is 0 Å². The summed E-state index contributed by atoms with van der Waals surface area (Å²) in [5.74, 6) is 2.21. The van der Waals surface area contributed by atoms with Gasteiger partial charge in [0.25, 0.3) is 0 Å². The molecule has 3 rings (SSSR count). The van der Waals surface area contributed by atoms with Gasteiger partial charge in [-0.2, -0.15) is 5.10 Å². The lowest BCUT2D eigenvalue weighted by Crippen LogP contribution is -2.00. The fraction of sp³-hybridized carbons (Fsp3) is 0.214. The Balaban J connectivity index is 1.82. The fourth-order valence-corrected chi connectivity index (χ4v) is 1.84. The number of oxazole rings is 1. The number of hydrogen-bond acceptors (Lipinski definition) is 4. The summed E-state index contributed by atoms with van der Waals surface area (Å²) in [5.41, 5.74) is 1.92. The minimum atomic E-state index is 0.495. The van der Waals surface area contributed by atoms with Crippen molar-refractivity contribution < 1.29 is 4.42 Å². The van der Waals surface area contributed by atoms with E-state index in [9.17, 15) is 0 Å². The van der Waals surface area contributed by atoms with Crippen LogP contribution in [0, 0.1) is 13.8 Å². The van der Waals surface area contributed by atoms with Crippen molar-refractivity contribution in [1.29, 1.82) is 0 Å². The molecule has 0 aliphatic rings. The van der Waals surface area contributed by atoms with Crippen LogP contribution in [0.15, 0.2) is 41.1 Å². The molecule has 0 N–H and O–H groups in total. The third kappa shape index (κ3) is 2.40. The second-order valence-corrected chi connectivity index (χ2v) is 4.38. The Hall–Kier alpha value is -2.43. The van der Waals surface area contributed by atoms with Crippen molar-refractivity contribution in [1.82, 2.24) is 19.7 Å². The average molecular weight is 254 g/mol. The molecule has 0 aliphatic heterocycles. The molecule has 0 fully saturated rings. The van der Waals surface area contributed by atoms with Gasteiger partial charge in [0.05, 0.1) is 5.69 Å². The Morgan fingerprint density at radius 1 is 1.16 bits per heavy atom. The lowest BCUT2D eigenvalue weighted by molar-refractivity contribution is 0.446. The Morgan fingerprint density at radius 3 is 2.63 bits per heavy atom. The first-order valence-corrected chi connectivity index (χ1v) is 6.10. The van der Waals surface area contributed by atoms with Crippen molar-refractivity contribution in [3.05, 3.63) is 54.0 Å². The van der Waals surface area contributed by atoms with Gasteiger partial charge in [-0.05, 0) is 13.8 Å². The predicted octanol–water partition coefficient (Wildman–Crippen LogP) is 2.60. The predicted molar refractivity (Wildman–Crippen MR) is 70.5 cm³/mol. The highest BCUT2D eigenvalue weighted by Gasteiger charge is 2.08. The summed E-state index contributed by atoms with van der Waals surface area (Å²) >= 11 is 0. The molecular formula is C14H14N4O. The van der Waals surface area contributed by atoms with Gasteiger partial charge in [0, 0.05) is 5.56 Å². The first-order chi connectivity index (χ1) is 9.22. The molecule has 3 aromatic rings. The largest absolute Gasteiger partial charge is 0.444 e. The zero-order valence-corrected chi connectivity index (χ0v) is 10.9. The van der Waals surface area contributed by atoms with Crippen LogP contribution < -0.4 is 0 Å². The Labute approximate surface area is 110 Å². The van der Waals surface area contributed by atoms with Gasteiger partial charge < -0.3 is 4.42 Å². The topological polar surface area (TPSA) is 56.7 Å². The molecule has 0 saturated carbocycles. The molecule has 0 atom stereocenters. The molecule has 0 radical (unpaired) electrons. The average Bonchev–Trinajstić information content (AvgIpc) is 2.99. The highest BCUT2D eigenvalue weighted by Crippen LogP contribution is 2.14. The second-order valence-electron chi connectivity index (χ2n) is 4.38. The van der Waals surface area contributed by atoms with Crippen LogP contribution in [-0.4, -0.2) is 19.7 Å². The first-order valence-electron chi connectivity index (χ1n) is 6.10. The van der Waals surface area contributed by atoms with Gasteiger partial charge in [-0.25, -0.2) is 14.6 Å². The summed E-state index contributed by atoms with van der Waals surface area (Å²) in [5, 5.41) is 4.42. The maximum Gasteiger partial charge on any atom is 0.216 e. The van der Waals surface area contributed by atoms with E-state index in [2.05, 4.69) is 15.1 Å². The van der Waals surface area contributed by atoms with Crippen LogP contribution >= 0.6 is 0 Å². The molecular weight excluding hydrogens is 240 g/mol. The van der Waals surface area contributed by atoms with Gasteiger partial charge in [-0.3, -0.25) is 0 Å². The molecule has 1 aromatic carbocycles. The number of hydrogen-bond donors (Lipinski definition) is 0.